The number of aromatic nitrogens is 1. The minimum absolute atomic E-state index is 0. The minimum atomic E-state index is -3.64. The van der Waals surface area contributed by atoms with Gasteiger partial charge in [-0.15, -0.1) is 12.4 Å². The molecule has 0 spiro atoms. The number of aryl methyl sites for hydroxylation is 2. The van der Waals surface area contributed by atoms with Crippen molar-refractivity contribution in [1.82, 2.24) is 19.7 Å². The average Bonchev–Trinajstić information content (AvgIpc) is 2.96. The van der Waals surface area contributed by atoms with Crippen LogP contribution in [0.4, 0.5) is 0 Å². The van der Waals surface area contributed by atoms with Crippen molar-refractivity contribution in [1.29, 1.82) is 0 Å². The number of ether oxygens (including phenoxy) is 1. The Morgan fingerprint density at radius 1 is 1.31 bits per heavy atom. The summed E-state index contributed by atoms with van der Waals surface area (Å²) in [5.74, 6) is 0.359. The van der Waals surface area contributed by atoms with Crippen LogP contribution in [0.2, 0.25) is 0 Å². The molecule has 0 bridgehead atoms. The largest absolute Gasteiger partial charge is 0.379 e. The van der Waals surface area contributed by atoms with E-state index in [1.165, 1.54) is 0 Å². The molecule has 0 aromatic carbocycles. The van der Waals surface area contributed by atoms with Gasteiger partial charge in [0.15, 0.2) is 5.76 Å². The highest BCUT2D eigenvalue weighted by Gasteiger charge is 2.36. The molecule has 0 aliphatic carbocycles. The number of piperidine rings is 1. The summed E-state index contributed by atoms with van der Waals surface area (Å²) in [4.78, 5) is 2.48. The van der Waals surface area contributed by atoms with Crippen molar-refractivity contribution < 1.29 is 17.7 Å². The number of hydrogen-bond acceptors (Lipinski definition) is 7. The van der Waals surface area contributed by atoms with Crippen LogP contribution in [-0.2, 0) is 14.8 Å². The van der Waals surface area contributed by atoms with Gasteiger partial charge in [0.05, 0.1) is 13.2 Å². The Morgan fingerprint density at radius 3 is 2.62 bits per heavy atom. The van der Waals surface area contributed by atoms with E-state index < -0.39 is 10.0 Å². The zero-order valence-electron chi connectivity index (χ0n) is 15.4. The van der Waals surface area contributed by atoms with E-state index in [9.17, 15) is 8.42 Å². The van der Waals surface area contributed by atoms with Gasteiger partial charge < -0.3 is 14.6 Å². The maximum Gasteiger partial charge on any atom is 0.248 e. The molecule has 150 valence electrons. The summed E-state index contributed by atoms with van der Waals surface area (Å²) in [6.07, 6.45) is 1.86. The number of morpholine rings is 1. The predicted molar refractivity (Wildman–Crippen MR) is 100 cm³/mol. The molecule has 1 aromatic rings. The molecule has 0 saturated carbocycles. The molecule has 26 heavy (non-hydrogen) atoms. The molecular formula is C16H29ClN4O4S. The van der Waals surface area contributed by atoms with Gasteiger partial charge in [-0.2, -0.15) is 4.31 Å². The molecule has 10 heteroatoms. The smallest absolute Gasteiger partial charge is 0.248 e. The zero-order chi connectivity index (χ0) is 17.9. The molecular weight excluding hydrogens is 380 g/mol. The molecule has 1 atom stereocenters. The highest BCUT2D eigenvalue weighted by molar-refractivity contribution is 7.89. The lowest BCUT2D eigenvalue weighted by Crippen LogP contribution is -2.51. The summed E-state index contributed by atoms with van der Waals surface area (Å²) >= 11 is 0. The molecule has 0 radical (unpaired) electrons. The number of sulfonamides is 1. The highest BCUT2D eigenvalue weighted by atomic mass is 35.5. The van der Waals surface area contributed by atoms with Gasteiger partial charge in [0, 0.05) is 38.8 Å². The zero-order valence-corrected chi connectivity index (χ0v) is 17.1. The molecule has 2 fully saturated rings. The van der Waals surface area contributed by atoms with E-state index in [0.29, 0.717) is 44.3 Å². The Labute approximate surface area is 161 Å². The summed E-state index contributed by atoms with van der Waals surface area (Å²) < 4.78 is 38.9. The van der Waals surface area contributed by atoms with Crippen molar-refractivity contribution in [2.75, 3.05) is 52.5 Å². The Bertz CT molecular complexity index is 650. The molecule has 2 aliphatic heterocycles. The van der Waals surface area contributed by atoms with Crippen LogP contribution in [0.25, 0.3) is 0 Å². The van der Waals surface area contributed by atoms with Gasteiger partial charge in [0.1, 0.15) is 10.6 Å². The third-order valence-electron chi connectivity index (χ3n) is 4.95. The number of halogens is 1. The Balaban J connectivity index is 0.00000243. The molecule has 2 saturated heterocycles. The Morgan fingerprint density at radius 2 is 2.04 bits per heavy atom. The first-order valence-corrected chi connectivity index (χ1v) is 10.4. The second kappa shape index (κ2) is 9.48. The molecule has 3 rings (SSSR count). The Hall–Kier alpha value is -0.710. The summed E-state index contributed by atoms with van der Waals surface area (Å²) in [6, 6.07) is -0.0338. The minimum Gasteiger partial charge on any atom is -0.379 e. The lowest BCUT2D eigenvalue weighted by Gasteiger charge is -2.35. The van der Waals surface area contributed by atoms with Gasteiger partial charge in [0.2, 0.25) is 10.0 Å². The first-order valence-electron chi connectivity index (χ1n) is 8.95. The van der Waals surface area contributed by atoms with E-state index in [0.717, 1.165) is 32.5 Å². The quantitative estimate of drug-likeness (QED) is 0.744. The summed E-state index contributed by atoms with van der Waals surface area (Å²) in [6.45, 7) is 9.27. The molecule has 0 amide bonds. The second-order valence-corrected chi connectivity index (χ2v) is 8.55. The van der Waals surface area contributed by atoms with E-state index in [-0.39, 0.29) is 23.3 Å². The van der Waals surface area contributed by atoms with E-state index in [1.54, 1.807) is 18.2 Å². The predicted octanol–water partition coefficient (Wildman–Crippen LogP) is 0.788. The molecule has 1 unspecified atom stereocenters. The van der Waals surface area contributed by atoms with Crippen molar-refractivity contribution >= 4 is 22.4 Å². The molecule has 1 aromatic heterocycles. The van der Waals surface area contributed by atoms with Gasteiger partial charge in [-0.25, -0.2) is 8.42 Å². The van der Waals surface area contributed by atoms with Gasteiger partial charge in [-0.1, -0.05) is 5.16 Å². The van der Waals surface area contributed by atoms with E-state index in [2.05, 4.69) is 15.4 Å². The maximum absolute atomic E-state index is 13.4. The molecule has 2 aliphatic rings. The highest BCUT2D eigenvalue weighted by Crippen LogP contribution is 2.26. The number of nitrogens with zero attached hydrogens (tertiary/aromatic N) is 3. The third kappa shape index (κ3) is 4.76. The summed E-state index contributed by atoms with van der Waals surface area (Å²) in [7, 11) is -3.64. The fraction of sp³-hybridized carbons (Fsp3) is 0.812. The molecule has 1 N–H and O–H groups in total. The normalized spacial score (nSPS) is 22.3. The topological polar surface area (TPSA) is 87.9 Å². The van der Waals surface area contributed by atoms with Gasteiger partial charge in [-0.3, -0.25) is 4.90 Å². The van der Waals surface area contributed by atoms with Crippen LogP contribution >= 0.6 is 12.4 Å². The van der Waals surface area contributed by atoms with Gasteiger partial charge >= 0.3 is 0 Å². The fourth-order valence-corrected chi connectivity index (χ4v) is 5.54. The van der Waals surface area contributed by atoms with Crippen LogP contribution in [0.5, 0.6) is 0 Å². The van der Waals surface area contributed by atoms with Crippen molar-refractivity contribution in [3.05, 3.63) is 11.5 Å². The third-order valence-corrected chi connectivity index (χ3v) is 7.15. The van der Waals surface area contributed by atoms with Crippen LogP contribution < -0.4 is 5.32 Å². The monoisotopic (exact) mass is 408 g/mol. The lowest BCUT2D eigenvalue weighted by atomic mass is 10.1. The van der Waals surface area contributed by atoms with Crippen molar-refractivity contribution in [2.24, 2.45) is 0 Å². The van der Waals surface area contributed by atoms with Gasteiger partial charge in [-0.05, 0) is 33.2 Å². The average molecular weight is 409 g/mol. The first kappa shape index (κ1) is 21.6. The van der Waals surface area contributed by atoms with Crippen molar-refractivity contribution in [3.63, 3.8) is 0 Å². The van der Waals surface area contributed by atoms with Crippen molar-refractivity contribution in [2.45, 2.75) is 37.6 Å². The second-order valence-electron chi connectivity index (χ2n) is 6.72. The van der Waals surface area contributed by atoms with Crippen LogP contribution in [0, 0.1) is 13.8 Å². The van der Waals surface area contributed by atoms with E-state index in [4.69, 9.17) is 9.26 Å². The SMILES string of the molecule is Cc1noc(C)c1S(=O)(=O)N(CCN1CCOCC1)C1CCCNC1.Cl. The standard InChI is InChI=1S/C16H28N4O4S.ClH/c1-13-16(14(2)24-18-13)25(21,22)20(15-4-3-5-17-12-15)7-6-19-8-10-23-11-9-19;/h15,17H,3-12H2,1-2H3;1H. The van der Waals surface area contributed by atoms with E-state index >= 15 is 0 Å². The number of nitrogens with one attached hydrogen (secondary N) is 1. The van der Waals surface area contributed by atoms with E-state index in [1.807, 2.05) is 0 Å². The van der Waals surface area contributed by atoms with Crippen LogP contribution in [0.15, 0.2) is 9.42 Å². The maximum atomic E-state index is 13.4. The molecule has 3 heterocycles. The molecule has 8 nitrogen and oxygen atoms in total. The first-order chi connectivity index (χ1) is 12.0. The van der Waals surface area contributed by atoms with Crippen LogP contribution in [0.1, 0.15) is 24.3 Å². The van der Waals surface area contributed by atoms with Crippen LogP contribution in [-0.4, -0.2) is 81.3 Å². The Kier molecular flexibility index (Phi) is 7.87. The number of hydrogen-bond donors (Lipinski definition) is 1. The lowest BCUT2D eigenvalue weighted by molar-refractivity contribution is 0.0349. The summed E-state index contributed by atoms with van der Waals surface area (Å²) in [5, 5.41) is 7.16. The van der Waals surface area contributed by atoms with Crippen molar-refractivity contribution in [3.8, 4) is 0 Å². The fourth-order valence-electron chi connectivity index (χ4n) is 3.60. The van der Waals surface area contributed by atoms with Gasteiger partial charge in [0.25, 0.3) is 0 Å². The summed E-state index contributed by atoms with van der Waals surface area (Å²) in [5.41, 5.74) is 0.428. The van der Waals surface area contributed by atoms with Crippen LogP contribution in [0.3, 0.4) is 0 Å². The number of rotatable bonds is 6.